The topological polar surface area (TPSA) is 26.0 Å². The first-order valence-corrected chi connectivity index (χ1v) is 1.81. The van der Waals surface area contributed by atoms with E-state index in [4.69, 9.17) is 5.64 Å². The van der Waals surface area contributed by atoms with Crippen LogP contribution in [0.4, 0.5) is 0 Å². The van der Waals surface area contributed by atoms with Crippen LogP contribution in [-0.4, -0.2) is 7.41 Å². The Morgan fingerprint density at radius 2 is 2.33 bits per heavy atom. The van der Waals surface area contributed by atoms with Gasteiger partial charge in [0.15, 0.2) is 0 Å². The fraction of sp³-hybridized carbons (Fsp3) is 0. The van der Waals surface area contributed by atoms with Crippen molar-refractivity contribution >= 4 is 7.41 Å². The van der Waals surface area contributed by atoms with Crippen LogP contribution in [0, 0.1) is 0 Å². The van der Waals surface area contributed by atoms with Gasteiger partial charge in [-0.1, -0.05) is 18.1 Å². The summed E-state index contributed by atoms with van der Waals surface area (Å²) in [6.07, 6.45) is 1.65. The maximum atomic E-state index is 5.11. The van der Waals surface area contributed by atoms with Crippen molar-refractivity contribution in [1.82, 2.24) is 0 Å². The zero-order valence-electron chi connectivity index (χ0n) is 3.78. The molecule has 0 atom stereocenters. The lowest BCUT2D eigenvalue weighted by molar-refractivity contribution is 1.84. The summed E-state index contributed by atoms with van der Waals surface area (Å²) in [4.78, 5) is 0. The highest BCUT2D eigenvalue weighted by atomic mass is 14.3. The summed E-state index contributed by atoms with van der Waals surface area (Å²) in [5, 5.41) is 0. The molecular weight excluding hydrogens is 72.9 g/mol. The lowest BCUT2D eigenvalue weighted by Gasteiger charge is -1.81. The highest BCUT2D eigenvalue weighted by Gasteiger charge is 1.77. The molecule has 1 nitrogen and oxygen atoms in total. The average molecular weight is 80.9 g/mol. The molecule has 0 aromatic heterocycles. The molecule has 2 heteroatoms. The van der Waals surface area contributed by atoms with Crippen LogP contribution in [-0.2, 0) is 0 Å². The van der Waals surface area contributed by atoms with Crippen molar-refractivity contribution in [3.63, 3.8) is 0 Å². The molecule has 0 heterocycles. The third-order valence-corrected chi connectivity index (χ3v) is 0.551. The molecule has 0 saturated heterocycles. The van der Waals surface area contributed by atoms with Crippen LogP contribution in [0.1, 0.15) is 0 Å². The fourth-order valence-electron chi connectivity index (χ4n) is 0.0833. The summed E-state index contributed by atoms with van der Waals surface area (Å²) in [7, 11) is 0.517. The Balaban J connectivity index is 3.23. The Kier molecular flexibility index (Phi) is 2.50. The Hall–Kier alpha value is -0.495. The van der Waals surface area contributed by atoms with E-state index >= 15 is 0 Å². The van der Waals surface area contributed by atoms with Gasteiger partial charge in [-0.25, -0.2) is 0 Å². The minimum absolute atomic E-state index is 0.517. The predicted octanol–water partition coefficient (Wildman–Crippen LogP) is -0.00370. The molecule has 0 saturated carbocycles. The number of nitrogens with two attached hydrogens (primary N) is 1. The quantitative estimate of drug-likeness (QED) is 0.367. The highest BCUT2D eigenvalue weighted by molar-refractivity contribution is 6.42. The molecule has 0 fully saturated rings. The van der Waals surface area contributed by atoms with Crippen molar-refractivity contribution in [2.75, 3.05) is 0 Å². The van der Waals surface area contributed by atoms with Crippen LogP contribution in [0.3, 0.4) is 0 Å². The maximum absolute atomic E-state index is 5.11. The van der Waals surface area contributed by atoms with E-state index in [0.29, 0.717) is 7.41 Å². The van der Waals surface area contributed by atoms with Crippen molar-refractivity contribution in [2.45, 2.75) is 0 Å². The third kappa shape index (κ3) is 1.79. The molecule has 0 aliphatic heterocycles. The van der Waals surface area contributed by atoms with E-state index in [1.54, 1.807) is 6.08 Å². The number of hydrogen-bond acceptors (Lipinski definition) is 1. The van der Waals surface area contributed by atoms with Crippen molar-refractivity contribution < 1.29 is 0 Å². The minimum atomic E-state index is 0.517. The monoisotopic (exact) mass is 81.1 g/mol. The molecule has 0 aliphatic rings. The van der Waals surface area contributed by atoms with Crippen molar-refractivity contribution in [1.29, 1.82) is 0 Å². The van der Waals surface area contributed by atoms with Crippen LogP contribution in [0.5, 0.6) is 0 Å². The van der Waals surface area contributed by atoms with Crippen LogP contribution in [0.25, 0.3) is 0 Å². The summed E-state index contributed by atoms with van der Waals surface area (Å²) < 4.78 is 0. The molecule has 0 unspecified atom stereocenters. The summed E-state index contributed by atoms with van der Waals surface area (Å²) in [6.45, 7) is 7.00. The van der Waals surface area contributed by atoms with Crippen LogP contribution in [0.15, 0.2) is 24.7 Å². The SMILES string of the molecule is C=CC(=C)BN. The second kappa shape index (κ2) is 2.73. The molecule has 0 amide bonds. The largest absolute Gasteiger partial charge is 0.369 e. The zero-order valence-corrected chi connectivity index (χ0v) is 3.78. The zero-order chi connectivity index (χ0) is 4.99. The predicted molar refractivity (Wildman–Crippen MR) is 30.7 cm³/mol. The van der Waals surface area contributed by atoms with Gasteiger partial charge in [0.1, 0.15) is 0 Å². The van der Waals surface area contributed by atoms with E-state index in [-0.39, 0.29) is 0 Å². The van der Waals surface area contributed by atoms with E-state index in [1.807, 2.05) is 0 Å². The number of allylic oxidation sites excluding steroid dienone is 2. The van der Waals surface area contributed by atoms with Gasteiger partial charge in [-0.15, -0.1) is 6.58 Å². The van der Waals surface area contributed by atoms with Gasteiger partial charge in [0.25, 0.3) is 0 Å². The molecule has 32 valence electrons. The van der Waals surface area contributed by atoms with Gasteiger partial charge in [-0.3, -0.25) is 0 Å². The van der Waals surface area contributed by atoms with E-state index in [1.165, 1.54) is 0 Å². The molecule has 0 aromatic rings. The van der Waals surface area contributed by atoms with Crippen molar-refractivity contribution in [3.05, 3.63) is 24.7 Å². The molecule has 0 aromatic carbocycles. The first-order chi connectivity index (χ1) is 2.81. The van der Waals surface area contributed by atoms with E-state index in [2.05, 4.69) is 13.2 Å². The second-order valence-corrected chi connectivity index (χ2v) is 1.07. The van der Waals surface area contributed by atoms with Gasteiger partial charge in [-0.05, 0) is 0 Å². The van der Waals surface area contributed by atoms with Crippen molar-refractivity contribution in [2.24, 2.45) is 5.64 Å². The smallest absolute Gasteiger partial charge is 0.232 e. The molecular formula is C4H8BN. The Morgan fingerprint density at radius 1 is 1.83 bits per heavy atom. The first-order valence-electron chi connectivity index (χ1n) is 1.81. The van der Waals surface area contributed by atoms with E-state index < -0.39 is 0 Å². The molecule has 2 N–H and O–H groups in total. The van der Waals surface area contributed by atoms with Crippen LogP contribution < -0.4 is 5.64 Å². The van der Waals surface area contributed by atoms with Crippen molar-refractivity contribution in [3.8, 4) is 0 Å². The standard InChI is InChI=1S/C4H8BN/c1-3-4(2)5-6/h3,5H,1-2,6H2. The Bertz CT molecular complexity index is 67.9. The van der Waals surface area contributed by atoms with Crippen LogP contribution in [0.2, 0.25) is 0 Å². The molecule has 0 radical (unpaired) electrons. The van der Waals surface area contributed by atoms with Gasteiger partial charge >= 0.3 is 0 Å². The molecule has 0 rings (SSSR count). The number of rotatable bonds is 2. The van der Waals surface area contributed by atoms with Gasteiger partial charge in [0.2, 0.25) is 7.41 Å². The second-order valence-electron chi connectivity index (χ2n) is 1.07. The third-order valence-electron chi connectivity index (χ3n) is 0.551. The molecule has 6 heavy (non-hydrogen) atoms. The minimum Gasteiger partial charge on any atom is -0.369 e. The van der Waals surface area contributed by atoms with E-state index in [9.17, 15) is 0 Å². The molecule has 0 aliphatic carbocycles. The Labute approximate surface area is 38.8 Å². The highest BCUT2D eigenvalue weighted by Crippen LogP contribution is 1.78. The lowest BCUT2D eigenvalue weighted by Crippen LogP contribution is -2.04. The summed E-state index contributed by atoms with van der Waals surface area (Å²) in [5.74, 6) is 0. The Morgan fingerprint density at radius 3 is 2.33 bits per heavy atom. The molecule has 0 spiro atoms. The normalized spacial score (nSPS) is 6.83. The average Bonchev–Trinajstić information content (AvgIpc) is 1.65. The summed E-state index contributed by atoms with van der Waals surface area (Å²) in [5.41, 5.74) is 6.00. The maximum Gasteiger partial charge on any atom is 0.232 e. The van der Waals surface area contributed by atoms with Gasteiger partial charge in [0, 0.05) is 0 Å². The van der Waals surface area contributed by atoms with Gasteiger partial charge < -0.3 is 5.64 Å². The van der Waals surface area contributed by atoms with Gasteiger partial charge in [-0.2, -0.15) is 0 Å². The first kappa shape index (κ1) is 5.50. The number of hydrogen-bond donors (Lipinski definition) is 1. The fourth-order valence-corrected chi connectivity index (χ4v) is 0.0833. The summed E-state index contributed by atoms with van der Waals surface area (Å²) in [6, 6.07) is 0. The molecule has 0 bridgehead atoms. The van der Waals surface area contributed by atoms with Crippen LogP contribution >= 0.6 is 0 Å². The summed E-state index contributed by atoms with van der Waals surface area (Å²) >= 11 is 0. The van der Waals surface area contributed by atoms with E-state index in [0.717, 1.165) is 5.47 Å². The van der Waals surface area contributed by atoms with Gasteiger partial charge in [0.05, 0.1) is 0 Å². The lowest BCUT2D eigenvalue weighted by atomic mass is 9.86.